The Balaban J connectivity index is 1.98. The van der Waals surface area contributed by atoms with E-state index >= 15 is 0 Å². The van der Waals surface area contributed by atoms with Gasteiger partial charge in [-0.1, -0.05) is 31.5 Å². The number of hydrogen-bond acceptors (Lipinski definition) is 5. The van der Waals surface area contributed by atoms with E-state index in [1.807, 2.05) is 45.9 Å². The first-order chi connectivity index (χ1) is 12.8. The molecule has 7 heteroatoms. The van der Waals surface area contributed by atoms with E-state index in [-0.39, 0.29) is 30.7 Å². The molecule has 1 aliphatic heterocycles. The standard InChI is InChI=1S/C20H29N3O4/c1-13(2)12-27-19(25)10-17-20(26)21-7-8-23(17)18(24)11-22-16-6-5-14(3)9-15(16)4/h5-6,9,13,17,22H,7-8,10-12H2,1-4H3,(H,21,26). The molecule has 1 unspecified atom stereocenters. The number of nitrogens with zero attached hydrogens (tertiary/aromatic N) is 1. The van der Waals surface area contributed by atoms with Crippen molar-refractivity contribution in [1.29, 1.82) is 0 Å². The van der Waals surface area contributed by atoms with E-state index in [4.69, 9.17) is 4.74 Å². The highest BCUT2D eigenvalue weighted by Crippen LogP contribution is 2.16. The molecule has 1 aromatic rings. The third-order valence-electron chi connectivity index (χ3n) is 4.40. The van der Waals surface area contributed by atoms with Crippen molar-refractivity contribution >= 4 is 23.5 Å². The molecule has 0 aromatic heterocycles. The second kappa shape index (κ2) is 9.39. The molecule has 2 N–H and O–H groups in total. The third-order valence-corrected chi connectivity index (χ3v) is 4.40. The lowest BCUT2D eigenvalue weighted by atomic mass is 10.1. The van der Waals surface area contributed by atoms with Crippen molar-refractivity contribution in [2.45, 2.75) is 40.2 Å². The zero-order valence-corrected chi connectivity index (χ0v) is 16.5. The Morgan fingerprint density at radius 3 is 2.74 bits per heavy atom. The number of benzene rings is 1. The van der Waals surface area contributed by atoms with Gasteiger partial charge < -0.3 is 20.3 Å². The fourth-order valence-electron chi connectivity index (χ4n) is 2.98. The van der Waals surface area contributed by atoms with Gasteiger partial charge in [0.15, 0.2) is 0 Å². The van der Waals surface area contributed by atoms with Gasteiger partial charge in [-0.25, -0.2) is 0 Å². The summed E-state index contributed by atoms with van der Waals surface area (Å²) in [7, 11) is 0. The normalized spacial score (nSPS) is 16.9. The lowest BCUT2D eigenvalue weighted by molar-refractivity contribution is -0.152. The van der Waals surface area contributed by atoms with Crippen LogP contribution >= 0.6 is 0 Å². The van der Waals surface area contributed by atoms with Crippen molar-refractivity contribution in [2.24, 2.45) is 5.92 Å². The Hall–Kier alpha value is -2.57. The number of aryl methyl sites for hydroxylation is 2. The highest BCUT2D eigenvalue weighted by atomic mass is 16.5. The summed E-state index contributed by atoms with van der Waals surface area (Å²) < 4.78 is 5.17. The molecule has 1 heterocycles. The van der Waals surface area contributed by atoms with E-state index in [9.17, 15) is 14.4 Å². The molecule has 27 heavy (non-hydrogen) atoms. The molecule has 1 atom stereocenters. The summed E-state index contributed by atoms with van der Waals surface area (Å²) in [5.41, 5.74) is 3.08. The highest BCUT2D eigenvalue weighted by Gasteiger charge is 2.35. The summed E-state index contributed by atoms with van der Waals surface area (Å²) in [4.78, 5) is 38.4. The number of amides is 2. The van der Waals surface area contributed by atoms with Crippen LogP contribution < -0.4 is 10.6 Å². The molecule has 0 spiro atoms. The summed E-state index contributed by atoms with van der Waals surface area (Å²) in [5.74, 6) is -0.784. The fraction of sp³-hybridized carbons (Fsp3) is 0.550. The Labute approximate surface area is 160 Å². The van der Waals surface area contributed by atoms with E-state index < -0.39 is 12.0 Å². The van der Waals surface area contributed by atoms with Crippen LogP contribution in [-0.4, -0.2) is 55.0 Å². The number of ether oxygens (including phenoxy) is 1. The predicted molar refractivity (Wildman–Crippen MR) is 103 cm³/mol. The maximum atomic E-state index is 12.7. The van der Waals surface area contributed by atoms with Crippen LogP contribution in [0.2, 0.25) is 0 Å². The van der Waals surface area contributed by atoms with Crippen LogP contribution in [0.1, 0.15) is 31.4 Å². The highest BCUT2D eigenvalue weighted by molar-refractivity contribution is 5.93. The average Bonchev–Trinajstić information content (AvgIpc) is 2.60. The Bertz CT molecular complexity index is 702. The Morgan fingerprint density at radius 2 is 2.07 bits per heavy atom. The first-order valence-electron chi connectivity index (χ1n) is 9.32. The predicted octanol–water partition coefficient (Wildman–Crippen LogP) is 1.63. The van der Waals surface area contributed by atoms with E-state index in [0.717, 1.165) is 16.8 Å². The maximum Gasteiger partial charge on any atom is 0.308 e. The van der Waals surface area contributed by atoms with Crippen LogP contribution in [0, 0.1) is 19.8 Å². The van der Waals surface area contributed by atoms with Crippen LogP contribution in [0.15, 0.2) is 18.2 Å². The quantitative estimate of drug-likeness (QED) is 0.708. The van der Waals surface area contributed by atoms with Crippen molar-refractivity contribution < 1.29 is 19.1 Å². The Kier molecular flexibility index (Phi) is 7.21. The van der Waals surface area contributed by atoms with E-state index in [2.05, 4.69) is 10.6 Å². The first-order valence-corrected chi connectivity index (χ1v) is 9.32. The van der Waals surface area contributed by atoms with Gasteiger partial charge in [-0.3, -0.25) is 14.4 Å². The zero-order chi connectivity index (χ0) is 20.0. The van der Waals surface area contributed by atoms with Crippen LogP contribution in [0.5, 0.6) is 0 Å². The van der Waals surface area contributed by atoms with E-state index in [1.54, 1.807) is 0 Å². The van der Waals surface area contributed by atoms with Crippen LogP contribution in [0.25, 0.3) is 0 Å². The van der Waals surface area contributed by atoms with Gasteiger partial charge in [0.25, 0.3) is 0 Å². The summed E-state index contributed by atoms with van der Waals surface area (Å²) >= 11 is 0. The lowest BCUT2D eigenvalue weighted by Crippen LogP contribution is -2.58. The number of anilines is 1. The van der Waals surface area contributed by atoms with Crippen molar-refractivity contribution in [2.75, 3.05) is 31.6 Å². The van der Waals surface area contributed by atoms with Crippen molar-refractivity contribution in [3.63, 3.8) is 0 Å². The minimum atomic E-state index is -0.827. The molecule has 0 saturated carbocycles. The summed E-state index contributed by atoms with van der Waals surface area (Å²) in [6, 6.07) is 5.12. The topological polar surface area (TPSA) is 87.7 Å². The molecular weight excluding hydrogens is 346 g/mol. The van der Waals surface area contributed by atoms with Crippen LogP contribution in [0.4, 0.5) is 5.69 Å². The van der Waals surface area contributed by atoms with Crippen molar-refractivity contribution in [3.05, 3.63) is 29.3 Å². The van der Waals surface area contributed by atoms with E-state index in [1.165, 1.54) is 4.90 Å². The van der Waals surface area contributed by atoms with Crippen molar-refractivity contribution in [1.82, 2.24) is 10.2 Å². The minimum absolute atomic E-state index is 0.0642. The van der Waals surface area contributed by atoms with Crippen LogP contribution in [0.3, 0.4) is 0 Å². The monoisotopic (exact) mass is 375 g/mol. The molecule has 2 rings (SSSR count). The van der Waals surface area contributed by atoms with Crippen LogP contribution in [-0.2, 0) is 19.1 Å². The smallest absolute Gasteiger partial charge is 0.308 e. The number of carbonyl (C=O) groups is 3. The number of rotatable bonds is 7. The average molecular weight is 375 g/mol. The molecule has 1 fully saturated rings. The molecule has 7 nitrogen and oxygen atoms in total. The number of carbonyl (C=O) groups excluding carboxylic acids is 3. The van der Waals surface area contributed by atoms with Gasteiger partial charge in [-0.05, 0) is 31.4 Å². The number of nitrogens with one attached hydrogen (secondary N) is 2. The van der Waals surface area contributed by atoms with Gasteiger partial charge in [0, 0.05) is 18.8 Å². The summed E-state index contributed by atoms with van der Waals surface area (Å²) in [6.07, 6.45) is -0.131. The maximum absolute atomic E-state index is 12.7. The molecule has 0 aliphatic carbocycles. The molecule has 1 aliphatic rings. The number of hydrogen-bond donors (Lipinski definition) is 2. The number of piperazine rings is 1. The molecule has 2 amide bonds. The molecule has 1 saturated heterocycles. The molecule has 148 valence electrons. The van der Waals surface area contributed by atoms with Gasteiger partial charge in [0.05, 0.1) is 19.6 Å². The van der Waals surface area contributed by atoms with Gasteiger partial charge in [0.1, 0.15) is 6.04 Å². The van der Waals surface area contributed by atoms with Gasteiger partial charge >= 0.3 is 5.97 Å². The first kappa shape index (κ1) is 20.7. The fourth-order valence-corrected chi connectivity index (χ4v) is 2.98. The lowest BCUT2D eigenvalue weighted by Gasteiger charge is -2.34. The summed E-state index contributed by atoms with van der Waals surface area (Å²) in [6.45, 7) is 8.99. The minimum Gasteiger partial charge on any atom is -0.465 e. The molecule has 0 bridgehead atoms. The SMILES string of the molecule is Cc1ccc(NCC(=O)N2CCNC(=O)C2CC(=O)OCC(C)C)c(C)c1. The molecule has 1 aromatic carbocycles. The molecular formula is C20H29N3O4. The van der Waals surface area contributed by atoms with Gasteiger partial charge in [-0.2, -0.15) is 0 Å². The van der Waals surface area contributed by atoms with E-state index in [0.29, 0.717) is 19.7 Å². The second-order valence-electron chi connectivity index (χ2n) is 7.35. The number of esters is 1. The zero-order valence-electron chi connectivity index (χ0n) is 16.5. The molecule has 0 radical (unpaired) electrons. The summed E-state index contributed by atoms with van der Waals surface area (Å²) in [5, 5.41) is 5.84. The van der Waals surface area contributed by atoms with Crippen molar-refractivity contribution in [3.8, 4) is 0 Å². The third kappa shape index (κ3) is 5.98. The van der Waals surface area contributed by atoms with Gasteiger partial charge in [0.2, 0.25) is 11.8 Å². The van der Waals surface area contributed by atoms with Gasteiger partial charge in [-0.15, -0.1) is 0 Å². The second-order valence-corrected chi connectivity index (χ2v) is 7.35. The Morgan fingerprint density at radius 1 is 1.33 bits per heavy atom. The largest absolute Gasteiger partial charge is 0.465 e.